The molecule has 3 aromatic rings. The summed E-state index contributed by atoms with van der Waals surface area (Å²) >= 11 is 1.43. The van der Waals surface area contributed by atoms with Crippen LogP contribution in [0.2, 0.25) is 0 Å². The van der Waals surface area contributed by atoms with Gasteiger partial charge in [0.1, 0.15) is 6.54 Å². The lowest BCUT2D eigenvalue weighted by atomic mass is 10.2. The molecule has 1 amide bonds. The Morgan fingerprint density at radius 2 is 2.04 bits per heavy atom. The fraction of sp³-hybridized carbons (Fsp3) is 0.235. The van der Waals surface area contributed by atoms with E-state index in [9.17, 15) is 9.59 Å². The molecule has 0 saturated carbocycles. The number of likely N-dealkylation sites (N-methyl/N-ethyl adjacent to an activating group) is 1. The van der Waals surface area contributed by atoms with E-state index in [0.717, 1.165) is 15.1 Å². The van der Waals surface area contributed by atoms with Crippen LogP contribution in [0.1, 0.15) is 12.5 Å². The summed E-state index contributed by atoms with van der Waals surface area (Å²) in [5.41, 5.74) is 1.04. The third-order valence-electron chi connectivity index (χ3n) is 3.57. The predicted molar refractivity (Wildman–Crippen MR) is 91.6 cm³/mol. The van der Waals surface area contributed by atoms with Crippen LogP contribution in [-0.4, -0.2) is 27.1 Å². The zero-order valence-electron chi connectivity index (χ0n) is 13.2. The van der Waals surface area contributed by atoms with Gasteiger partial charge in [-0.15, -0.1) is 16.4 Å². The van der Waals surface area contributed by atoms with Crippen LogP contribution in [0.25, 0.3) is 10.8 Å². The number of thiophene rings is 1. The van der Waals surface area contributed by atoms with E-state index in [1.54, 1.807) is 4.90 Å². The fourth-order valence-corrected chi connectivity index (χ4v) is 2.96. The van der Waals surface area contributed by atoms with Gasteiger partial charge in [0.25, 0.3) is 5.89 Å². The van der Waals surface area contributed by atoms with Crippen molar-refractivity contribution in [2.45, 2.75) is 20.0 Å². The van der Waals surface area contributed by atoms with Crippen LogP contribution < -0.4 is 5.76 Å². The molecule has 0 aliphatic carbocycles. The Kier molecular flexibility index (Phi) is 4.90. The van der Waals surface area contributed by atoms with Crippen molar-refractivity contribution < 1.29 is 9.21 Å². The first-order chi connectivity index (χ1) is 11.7. The van der Waals surface area contributed by atoms with Gasteiger partial charge in [-0.3, -0.25) is 4.79 Å². The third-order valence-corrected chi connectivity index (χ3v) is 4.43. The lowest BCUT2D eigenvalue weighted by Gasteiger charge is -2.20. The van der Waals surface area contributed by atoms with Crippen LogP contribution in [-0.2, 0) is 17.9 Å². The van der Waals surface area contributed by atoms with Crippen molar-refractivity contribution in [3.63, 3.8) is 0 Å². The summed E-state index contributed by atoms with van der Waals surface area (Å²) in [6.45, 7) is 2.83. The van der Waals surface area contributed by atoms with Crippen molar-refractivity contribution in [2.24, 2.45) is 0 Å². The fourth-order valence-electron chi connectivity index (χ4n) is 2.31. The first-order valence-corrected chi connectivity index (χ1v) is 8.49. The molecule has 0 N–H and O–H groups in total. The van der Waals surface area contributed by atoms with Gasteiger partial charge in [-0.25, -0.2) is 4.79 Å². The minimum Gasteiger partial charge on any atom is -0.387 e. The molecule has 0 aliphatic heterocycles. The highest BCUT2D eigenvalue weighted by atomic mass is 32.1. The first-order valence-electron chi connectivity index (χ1n) is 7.61. The molecule has 0 unspecified atom stereocenters. The van der Waals surface area contributed by atoms with Gasteiger partial charge in [-0.1, -0.05) is 36.4 Å². The number of rotatable bonds is 6. The lowest BCUT2D eigenvalue weighted by Crippen LogP contribution is -2.35. The van der Waals surface area contributed by atoms with E-state index in [2.05, 4.69) is 5.10 Å². The van der Waals surface area contributed by atoms with Crippen molar-refractivity contribution in [1.82, 2.24) is 14.7 Å². The summed E-state index contributed by atoms with van der Waals surface area (Å²) in [4.78, 5) is 26.8. The van der Waals surface area contributed by atoms with Crippen LogP contribution in [0.4, 0.5) is 0 Å². The molecule has 124 valence electrons. The maximum absolute atomic E-state index is 12.5. The van der Waals surface area contributed by atoms with Crippen molar-refractivity contribution in [3.05, 3.63) is 64.0 Å². The topological polar surface area (TPSA) is 68.3 Å². The number of nitrogens with zero attached hydrogens (tertiary/aromatic N) is 3. The molecule has 0 bridgehead atoms. The summed E-state index contributed by atoms with van der Waals surface area (Å²) in [6, 6.07) is 13.4. The largest absolute Gasteiger partial charge is 0.437 e. The smallest absolute Gasteiger partial charge is 0.387 e. The number of hydrogen-bond donors (Lipinski definition) is 0. The molecule has 0 saturated heterocycles. The maximum Gasteiger partial charge on any atom is 0.437 e. The second-order valence-corrected chi connectivity index (χ2v) is 6.15. The standard InChI is InChI=1S/C17H17N3O3S/c1-2-19(11-13-7-4-3-5-8-13)15(21)12-20-17(22)23-16(18-20)14-9-6-10-24-14/h3-10H,2,11-12H2,1H3. The van der Waals surface area contributed by atoms with E-state index in [-0.39, 0.29) is 18.3 Å². The van der Waals surface area contributed by atoms with E-state index in [4.69, 9.17) is 4.42 Å². The highest BCUT2D eigenvalue weighted by Gasteiger charge is 2.17. The van der Waals surface area contributed by atoms with Crippen LogP contribution >= 0.6 is 11.3 Å². The van der Waals surface area contributed by atoms with Crippen LogP contribution in [0.3, 0.4) is 0 Å². The molecule has 0 fully saturated rings. The average Bonchev–Trinajstić information content (AvgIpc) is 3.24. The number of benzene rings is 1. The normalized spacial score (nSPS) is 10.7. The summed E-state index contributed by atoms with van der Waals surface area (Å²) in [7, 11) is 0. The molecule has 24 heavy (non-hydrogen) atoms. The van der Waals surface area contributed by atoms with Gasteiger partial charge < -0.3 is 9.32 Å². The van der Waals surface area contributed by atoms with Crippen molar-refractivity contribution in [1.29, 1.82) is 0 Å². The average molecular weight is 343 g/mol. The zero-order chi connectivity index (χ0) is 16.9. The molecule has 7 heteroatoms. The molecule has 0 atom stereocenters. The summed E-state index contributed by atoms with van der Waals surface area (Å²) in [5, 5.41) is 5.99. The monoisotopic (exact) mass is 343 g/mol. The van der Waals surface area contributed by atoms with Crippen molar-refractivity contribution >= 4 is 17.2 Å². The molecule has 3 rings (SSSR count). The number of carbonyl (C=O) groups is 1. The minimum absolute atomic E-state index is 0.131. The van der Waals surface area contributed by atoms with Gasteiger partial charge in [-0.05, 0) is 23.9 Å². The molecule has 2 heterocycles. The van der Waals surface area contributed by atoms with Crippen LogP contribution in [0.15, 0.2) is 57.1 Å². The van der Waals surface area contributed by atoms with Gasteiger partial charge in [0.2, 0.25) is 5.91 Å². The molecular weight excluding hydrogens is 326 g/mol. The quantitative estimate of drug-likeness (QED) is 0.690. The SMILES string of the molecule is CCN(Cc1ccccc1)C(=O)Cn1nc(-c2cccs2)oc1=O. The molecule has 6 nitrogen and oxygen atoms in total. The van der Waals surface area contributed by atoms with Gasteiger partial charge in [0.15, 0.2) is 0 Å². The molecular formula is C17H17N3O3S. The Bertz CT molecular complexity index is 853. The van der Waals surface area contributed by atoms with E-state index >= 15 is 0 Å². The summed E-state index contributed by atoms with van der Waals surface area (Å²) in [6.07, 6.45) is 0. The second-order valence-electron chi connectivity index (χ2n) is 5.20. The highest BCUT2D eigenvalue weighted by Crippen LogP contribution is 2.21. The molecule has 2 aromatic heterocycles. The van der Waals surface area contributed by atoms with Crippen LogP contribution in [0, 0.1) is 0 Å². The first kappa shape index (κ1) is 16.2. The van der Waals surface area contributed by atoms with Gasteiger partial charge in [0, 0.05) is 13.1 Å². The number of amides is 1. The van der Waals surface area contributed by atoms with Crippen molar-refractivity contribution in [3.8, 4) is 10.8 Å². The summed E-state index contributed by atoms with van der Waals surface area (Å²) in [5.74, 6) is -0.550. The van der Waals surface area contributed by atoms with E-state index in [0.29, 0.717) is 13.1 Å². The Balaban J connectivity index is 1.72. The molecule has 0 radical (unpaired) electrons. The van der Waals surface area contributed by atoms with Crippen molar-refractivity contribution in [2.75, 3.05) is 6.54 Å². The number of aromatic nitrogens is 2. The second kappa shape index (κ2) is 7.27. The van der Waals surface area contributed by atoms with Gasteiger partial charge >= 0.3 is 5.76 Å². The Morgan fingerprint density at radius 1 is 1.25 bits per heavy atom. The third kappa shape index (κ3) is 3.62. The molecule has 0 aliphatic rings. The lowest BCUT2D eigenvalue weighted by molar-refractivity contribution is -0.132. The maximum atomic E-state index is 12.5. The number of carbonyl (C=O) groups excluding carboxylic acids is 1. The number of hydrogen-bond acceptors (Lipinski definition) is 5. The molecule has 0 spiro atoms. The van der Waals surface area contributed by atoms with Gasteiger partial charge in [-0.2, -0.15) is 4.68 Å². The highest BCUT2D eigenvalue weighted by molar-refractivity contribution is 7.13. The predicted octanol–water partition coefficient (Wildman–Crippen LogP) is 2.61. The van der Waals surface area contributed by atoms with Crippen LogP contribution in [0.5, 0.6) is 0 Å². The zero-order valence-corrected chi connectivity index (χ0v) is 14.0. The van der Waals surface area contributed by atoms with E-state index < -0.39 is 5.76 Å². The molecule has 1 aromatic carbocycles. The Labute approximate surface area is 143 Å². The van der Waals surface area contributed by atoms with Gasteiger partial charge in [0.05, 0.1) is 4.88 Å². The van der Waals surface area contributed by atoms with E-state index in [1.165, 1.54) is 11.3 Å². The summed E-state index contributed by atoms with van der Waals surface area (Å²) < 4.78 is 6.20. The Hall–Kier alpha value is -2.67. The Morgan fingerprint density at radius 3 is 2.71 bits per heavy atom. The minimum atomic E-state index is -0.623. The van der Waals surface area contributed by atoms with E-state index in [1.807, 2.05) is 54.8 Å².